The van der Waals surface area contributed by atoms with Crippen molar-refractivity contribution in [3.8, 4) is 0 Å². The van der Waals surface area contributed by atoms with Crippen molar-refractivity contribution in [3.63, 3.8) is 0 Å². The standard InChI is InChI=1S/C12H25NO/c1-3-13-9-8-11(2)6-7-12-5-4-10-14-12/h11-13H,3-10H2,1-2H3. The van der Waals surface area contributed by atoms with Gasteiger partial charge in [-0.15, -0.1) is 0 Å². The van der Waals surface area contributed by atoms with Gasteiger partial charge in [-0.25, -0.2) is 0 Å². The van der Waals surface area contributed by atoms with Gasteiger partial charge in [0.05, 0.1) is 6.10 Å². The van der Waals surface area contributed by atoms with Crippen LogP contribution >= 0.6 is 0 Å². The number of hydrogen-bond donors (Lipinski definition) is 1. The molecule has 2 nitrogen and oxygen atoms in total. The Hall–Kier alpha value is -0.0800. The molecule has 84 valence electrons. The summed E-state index contributed by atoms with van der Waals surface area (Å²) in [4.78, 5) is 0. The zero-order chi connectivity index (χ0) is 10.2. The first kappa shape index (κ1) is 12.0. The molecule has 0 aromatic carbocycles. The molecule has 2 unspecified atom stereocenters. The van der Waals surface area contributed by atoms with Crippen LogP contribution in [0.4, 0.5) is 0 Å². The zero-order valence-corrected chi connectivity index (χ0v) is 9.72. The molecule has 0 spiro atoms. The molecule has 0 amide bonds. The third-order valence-electron chi connectivity index (χ3n) is 3.07. The molecule has 0 aromatic rings. The normalized spacial score (nSPS) is 24.0. The van der Waals surface area contributed by atoms with Gasteiger partial charge in [-0.1, -0.05) is 13.8 Å². The summed E-state index contributed by atoms with van der Waals surface area (Å²) in [6.07, 6.45) is 7.05. The van der Waals surface area contributed by atoms with Crippen LogP contribution in [0.5, 0.6) is 0 Å². The van der Waals surface area contributed by atoms with Crippen molar-refractivity contribution >= 4 is 0 Å². The van der Waals surface area contributed by atoms with E-state index in [2.05, 4.69) is 19.2 Å². The molecular weight excluding hydrogens is 174 g/mol. The van der Waals surface area contributed by atoms with Crippen LogP contribution in [0.3, 0.4) is 0 Å². The molecule has 1 fully saturated rings. The summed E-state index contributed by atoms with van der Waals surface area (Å²) in [7, 11) is 0. The Kier molecular flexibility index (Phi) is 6.20. The molecule has 1 rings (SSSR count). The van der Waals surface area contributed by atoms with Gasteiger partial charge in [0.25, 0.3) is 0 Å². The fourth-order valence-corrected chi connectivity index (χ4v) is 2.01. The van der Waals surface area contributed by atoms with Crippen molar-refractivity contribution in [3.05, 3.63) is 0 Å². The highest BCUT2D eigenvalue weighted by Crippen LogP contribution is 2.20. The van der Waals surface area contributed by atoms with Gasteiger partial charge in [-0.2, -0.15) is 0 Å². The Labute approximate surface area is 88.4 Å². The van der Waals surface area contributed by atoms with E-state index in [1.807, 2.05) is 0 Å². The average Bonchev–Trinajstić information content (AvgIpc) is 2.68. The van der Waals surface area contributed by atoms with Gasteiger partial charge in [0.1, 0.15) is 0 Å². The molecule has 2 heteroatoms. The van der Waals surface area contributed by atoms with Crippen molar-refractivity contribution in [1.82, 2.24) is 5.32 Å². The second-order valence-corrected chi connectivity index (χ2v) is 4.46. The molecule has 0 radical (unpaired) electrons. The molecule has 1 saturated heterocycles. The van der Waals surface area contributed by atoms with Crippen LogP contribution in [0.25, 0.3) is 0 Å². The van der Waals surface area contributed by atoms with Crippen LogP contribution in [0.1, 0.15) is 46.0 Å². The minimum atomic E-state index is 0.580. The third kappa shape index (κ3) is 4.97. The Balaban J connectivity index is 1.93. The summed E-state index contributed by atoms with van der Waals surface area (Å²) in [5.41, 5.74) is 0. The molecule has 0 saturated carbocycles. The molecule has 0 aliphatic carbocycles. The van der Waals surface area contributed by atoms with Gasteiger partial charge >= 0.3 is 0 Å². The van der Waals surface area contributed by atoms with Gasteiger partial charge in [-0.3, -0.25) is 0 Å². The maximum atomic E-state index is 5.61. The molecule has 1 aliphatic rings. The second kappa shape index (κ2) is 7.24. The van der Waals surface area contributed by atoms with Gasteiger partial charge in [0, 0.05) is 6.61 Å². The number of rotatable bonds is 7. The highest BCUT2D eigenvalue weighted by molar-refractivity contribution is 4.66. The largest absolute Gasteiger partial charge is 0.378 e. The Morgan fingerprint density at radius 3 is 2.93 bits per heavy atom. The van der Waals surface area contributed by atoms with E-state index in [0.29, 0.717) is 6.10 Å². The van der Waals surface area contributed by atoms with Crippen LogP contribution in [-0.2, 0) is 4.74 Å². The lowest BCUT2D eigenvalue weighted by Crippen LogP contribution is -2.17. The Morgan fingerprint density at radius 2 is 2.29 bits per heavy atom. The number of ether oxygens (including phenoxy) is 1. The van der Waals surface area contributed by atoms with Gasteiger partial charge < -0.3 is 10.1 Å². The maximum Gasteiger partial charge on any atom is 0.0576 e. The second-order valence-electron chi connectivity index (χ2n) is 4.46. The van der Waals surface area contributed by atoms with Crippen LogP contribution in [0.15, 0.2) is 0 Å². The molecule has 0 aromatic heterocycles. The van der Waals surface area contributed by atoms with E-state index in [1.165, 1.54) is 38.6 Å². The van der Waals surface area contributed by atoms with Crippen molar-refractivity contribution in [2.24, 2.45) is 5.92 Å². The summed E-state index contributed by atoms with van der Waals surface area (Å²) in [6, 6.07) is 0. The van der Waals surface area contributed by atoms with Crippen LogP contribution < -0.4 is 5.32 Å². The van der Waals surface area contributed by atoms with E-state index in [0.717, 1.165) is 19.1 Å². The lowest BCUT2D eigenvalue weighted by atomic mass is 9.98. The fraction of sp³-hybridized carbons (Fsp3) is 1.00. The molecule has 1 N–H and O–H groups in total. The molecule has 0 bridgehead atoms. The number of hydrogen-bond acceptors (Lipinski definition) is 2. The SMILES string of the molecule is CCNCCC(C)CCC1CCCO1. The first-order valence-electron chi connectivity index (χ1n) is 6.15. The quantitative estimate of drug-likeness (QED) is 0.636. The number of nitrogens with one attached hydrogen (secondary N) is 1. The highest BCUT2D eigenvalue weighted by Gasteiger charge is 2.15. The van der Waals surface area contributed by atoms with Gasteiger partial charge in [0.15, 0.2) is 0 Å². The van der Waals surface area contributed by atoms with Crippen molar-refractivity contribution in [2.45, 2.75) is 52.1 Å². The van der Waals surface area contributed by atoms with Crippen molar-refractivity contribution in [1.29, 1.82) is 0 Å². The van der Waals surface area contributed by atoms with Crippen LogP contribution in [0.2, 0.25) is 0 Å². The van der Waals surface area contributed by atoms with E-state index in [-0.39, 0.29) is 0 Å². The smallest absolute Gasteiger partial charge is 0.0576 e. The maximum absolute atomic E-state index is 5.61. The Morgan fingerprint density at radius 1 is 1.43 bits per heavy atom. The van der Waals surface area contributed by atoms with E-state index in [4.69, 9.17) is 4.74 Å². The summed E-state index contributed by atoms with van der Waals surface area (Å²) >= 11 is 0. The molecule has 2 atom stereocenters. The zero-order valence-electron chi connectivity index (χ0n) is 9.72. The van der Waals surface area contributed by atoms with Gasteiger partial charge in [0.2, 0.25) is 0 Å². The first-order chi connectivity index (χ1) is 6.83. The molecule has 14 heavy (non-hydrogen) atoms. The first-order valence-corrected chi connectivity index (χ1v) is 6.15. The minimum absolute atomic E-state index is 0.580. The lowest BCUT2D eigenvalue weighted by molar-refractivity contribution is 0.0984. The predicted octanol–water partition coefficient (Wildman–Crippen LogP) is 2.58. The van der Waals surface area contributed by atoms with Gasteiger partial charge in [-0.05, 0) is 51.1 Å². The molecular formula is C12H25NO. The predicted molar refractivity (Wildman–Crippen MR) is 60.5 cm³/mol. The monoisotopic (exact) mass is 199 g/mol. The summed E-state index contributed by atoms with van der Waals surface area (Å²) in [6.45, 7) is 7.78. The molecule has 1 heterocycles. The Bertz CT molecular complexity index is 132. The fourth-order valence-electron chi connectivity index (χ4n) is 2.01. The van der Waals surface area contributed by atoms with Crippen LogP contribution in [-0.4, -0.2) is 25.8 Å². The lowest BCUT2D eigenvalue weighted by Gasteiger charge is -2.14. The summed E-state index contributed by atoms with van der Waals surface area (Å²) < 4.78 is 5.61. The summed E-state index contributed by atoms with van der Waals surface area (Å²) in [5, 5.41) is 3.38. The van der Waals surface area contributed by atoms with E-state index in [1.54, 1.807) is 0 Å². The third-order valence-corrected chi connectivity index (χ3v) is 3.07. The summed E-state index contributed by atoms with van der Waals surface area (Å²) in [5.74, 6) is 0.846. The molecule has 1 aliphatic heterocycles. The average molecular weight is 199 g/mol. The van der Waals surface area contributed by atoms with Crippen molar-refractivity contribution in [2.75, 3.05) is 19.7 Å². The van der Waals surface area contributed by atoms with E-state index >= 15 is 0 Å². The minimum Gasteiger partial charge on any atom is -0.378 e. The topological polar surface area (TPSA) is 21.3 Å². The van der Waals surface area contributed by atoms with Crippen LogP contribution in [0, 0.1) is 5.92 Å². The van der Waals surface area contributed by atoms with E-state index in [9.17, 15) is 0 Å². The highest BCUT2D eigenvalue weighted by atomic mass is 16.5. The van der Waals surface area contributed by atoms with E-state index < -0.39 is 0 Å². The van der Waals surface area contributed by atoms with Crippen molar-refractivity contribution < 1.29 is 4.74 Å².